The van der Waals surface area contributed by atoms with Crippen LogP contribution >= 0.6 is 12.2 Å². The topological polar surface area (TPSA) is 59.4 Å². The highest BCUT2D eigenvalue weighted by molar-refractivity contribution is 7.71. The zero-order chi connectivity index (χ0) is 11.4. The number of hydrogen-bond donors (Lipinski definition) is 1. The first kappa shape index (κ1) is 10.9. The second-order valence-electron chi connectivity index (χ2n) is 3.48. The van der Waals surface area contributed by atoms with Gasteiger partial charge in [-0.25, -0.2) is 9.97 Å². The summed E-state index contributed by atoms with van der Waals surface area (Å²) in [5.74, 6) is 0.805. The molecule has 5 nitrogen and oxygen atoms in total. The van der Waals surface area contributed by atoms with Crippen molar-refractivity contribution in [1.29, 1.82) is 0 Å². The second kappa shape index (κ2) is 4.98. The van der Waals surface area contributed by atoms with Gasteiger partial charge in [0.05, 0.1) is 5.56 Å². The van der Waals surface area contributed by atoms with Crippen LogP contribution in [0.1, 0.15) is 19.8 Å². The van der Waals surface area contributed by atoms with Crippen molar-refractivity contribution in [3.63, 3.8) is 0 Å². The summed E-state index contributed by atoms with van der Waals surface area (Å²) in [6.45, 7) is 3.02. The molecule has 0 atom stereocenters. The van der Waals surface area contributed by atoms with Gasteiger partial charge in [-0.2, -0.15) is 5.10 Å². The Labute approximate surface area is 98.6 Å². The van der Waals surface area contributed by atoms with Crippen LogP contribution in [-0.2, 0) is 6.54 Å². The molecule has 6 heteroatoms. The summed E-state index contributed by atoms with van der Waals surface area (Å²) in [6, 6.07) is 0. The summed E-state index contributed by atoms with van der Waals surface area (Å²) in [6.07, 6.45) is 7.17. The fourth-order valence-electron chi connectivity index (χ4n) is 1.48. The van der Waals surface area contributed by atoms with Crippen LogP contribution in [0, 0.1) is 4.77 Å². The van der Waals surface area contributed by atoms with Crippen LogP contribution in [0.2, 0.25) is 0 Å². The third-order valence-corrected chi connectivity index (χ3v) is 2.62. The molecule has 0 bridgehead atoms. The Morgan fingerprint density at radius 2 is 2.12 bits per heavy atom. The molecule has 0 saturated heterocycles. The average molecular weight is 235 g/mol. The molecule has 0 aliphatic carbocycles. The van der Waals surface area contributed by atoms with Crippen LogP contribution in [0.3, 0.4) is 0 Å². The highest BCUT2D eigenvalue weighted by atomic mass is 32.1. The fraction of sp³-hybridized carbons (Fsp3) is 0.400. The first-order valence-corrected chi connectivity index (χ1v) is 5.64. The number of nitrogens with one attached hydrogen (secondary N) is 1. The highest BCUT2D eigenvalue weighted by Crippen LogP contribution is 2.15. The molecular formula is C10H13N5S. The normalized spacial score (nSPS) is 10.6. The minimum atomic E-state index is 0.646. The molecule has 2 rings (SSSR count). The second-order valence-corrected chi connectivity index (χ2v) is 3.87. The Morgan fingerprint density at radius 1 is 1.38 bits per heavy atom. The maximum absolute atomic E-state index is 5.19. The number of unbranched alkanes of at least 4 members (excludes halogenated alkanes) is 1. The Hall–Kier alpha value is -1.56. The van der Waals surface area contributed by atoms with Crippen molar-refractivity contribution >= 4 is 12.2 Å². The minimum Gasteiger partial charge on any atom is -0.300 e. The van der Waals surface area contributed by atoms with Crippen molar-refractivity contribution in [2.24, 2.45) is 0 Å². The van der Waals surface area contributed by atoms with Gasteiger partial charge in [0.1, 0.15) is 6.33 Å². The van der Waals surface area contributed by atoms with E-state index < -0.39 is 0 Å². The van der Waals surface area contributed by atoms with Crippen molar-refractivity contribution in [1.82, 2.24) is 24.7 Å². The van der Waals surface area contributed by atoms with Crippen molar-refractivity contribution in [2.75, 3.05) is 0 Å². The average Bonchev–Trinajstić information content (AvgIpc) is 2.69. The maximum atomic E-state index is 5.19. The first-order chi connectivity index (χ1) is 7.83. The quantitative estimate of drug-likeness (QED) is 0.825. The molecule has 1 N–H and O–H groups in total. The van der Waals surface area contributed by atoms with E-state index in [1.54, 1.807) is 12.4 Å². The van der Waals surface area contributed by atoms with Gasteiger partial charge >= 0.3 is 0 Å². The van der Waals surface area contributed by atoms with E-state index in [0.29, 0.717) is 4.77 Å². The summed E-state index contributed by atoms with van der Waals surface area (Å²) in [7, 11) is 0. The number of rotatable bonds is 4. The number of aromatic amines is 1. The Bertz CT molecular complexity index is 501. The van der Waals surface area contributed by atoms with Gasteiger partial charge in [-0.15, -0.1) is 0 Å². The smallest absolute Gasteiger partial charge is 0.195 e. The van der Waals surface area contributed by atoms with Gasteiger partial charge in [0.15, 0.2) is 10.6 Å². The summed E-state index contributed by atoms with van der Waals surface area (Å²) >= 11 is 5.19. The number of aromatic nitrogens is 5. The van der Waals surface area contributed by atoms with Gasteiger partial charge in [0.25, 0.3) is 0 Å². The molecule has 0 spiro atoms. The molecule has 0 amide bonds. The summed E-state index contributed by atoms with van der Waals surface area (Å²) in [4.78, 5) is 7.96. The van der Waals surface area contributed by atoms with Crippen molar-refractivity contribution in [2.45, 2.75) is 26.3 Å². The van der Waals surface area contributed by atoms with E-state index in [2.05, 4.69) is 27.1 Å². The molecule has 0 radical (unpaired) electrons. The van der Waals surface area contributed by atoms with E-state index in [1.807, 2.05) is 4.57 Å². The Balaban J connectivity index is 2.38. The lowest BCUT2D eigenvalue weighted by molar-refractivity contribution is 0.628. The van der Waals surface area contributed by atoms with Crippen LogP contribution in [0.25, 0.3) is 11.4 Å². The zero-order valence-electron chi connectivity index (χ0n) is 9.05. The van der Waals surface area contributed by atoms with Crippen LogP contribution in [0.15, 0.2) is 18.7 Å². The summed E-state index contributed by atoms with van der Waals surface area (Å²) in [5, 5.41) is 7.01. The molecule has 0 aromatic carbocycles. The molecule has 0 aliphatic rings. The predicted molar refractivity (Wildman–Crippen MR) is 63.3 cm³/mol. The first-order valence-electron chi connectivity index (χ1n) is 5.23. The van der Waals surface area contributed by atoms with Gasteiger partial charge in [-0.1, -0.05) is 13.3 Å². The van der Waals surface area contributed by atoms with Crippen LogP contribution in [0.5, 0.6) is 0 Å². The predicted octanol–water partition coefficient (Wildman–Crippen LogP) is 2.20. The van der Waals surface area contributed by atoms with E-state index in [1.165, 1.54) is 6.33 Å². The van der Waals surface area contributed by atoms with Gasteiger partial charge in [0, 0.05) is 18.9 Å². The van der Waals surface area contributed by atoms with Gasteiger partial charge in [0.2, 0.25) is 0 Å². The molecule has 0 fully saturated rings. The molecule has 0 unspecified atom stereocenters. The SMILES string of the molecule is CCCCn1c(-c2cncnc2)n[nH]c1=S. The largest absolute Gasteiger partial charge is 0.300 e. The van der Waals surface area contributed by atoms with Crippen molar-refractivity contribution < 1.29 is 0 Å². The van der Waals surface area contributed by atoms with Gasteiger partial charge in [-0.05, 0) is 18.6 Å². The van der Waals surface area contributed by atoms with Crippen LogP contribution < -0.4 is 0 Å². The molecular weight excluding hydrogens is 222 g/mol. The summed E-state index contributed by atoms with van der Waals surface area (Å²) in [5.41, 5.74) is 0.881. The molecule has 2 heterocycles. The number of nitrogens with zero attached hydrogens (tertiary/aromatic N) is 4. The third-order valence-electron chi connectivity index (χ3n) is 2.31. The fourth-order valence-corrected chi connectivity index (χ4v) is 1.70. The molecule has 0 aliphatic heterocycles. The monoisotopic (exact) mass is 235 g/mol. The number of H-pyrrole nitrogens is 1. The van der Waals surface area contributed by atoms with E-state index >= 15 is 0 Å². The lowest BCUT2D eigenvalue weighted by Crippen LogP contribution is -2.01. The van der Waals surface area contributed by atoms with Crippen molar-refractivity contribution in [3.05, 3.63) is 23.5 Å². The van der Waals surface area contributed by atoms with Gasteiger partial charge in [-0.3, -0.25) is 5.10 Å². The van der Waals surface area contributed by atoms with Crippen molar-refractivity contribution in [3.8, 4) is 11.4 Å². The maximum Gasteiger partial charge on any atom is 0.195 e. The molecule has 16 heavy (non-hydrogen) atoms. The van der Waals surface area contributed by atoms with E-state index in [0.717, 1.165) is 30.8 Å². The Morgan fingerprint density at radius 3 is 2.81 bits per heavy atom. The van der Waals surface area contributed by atoms with Crippen LogP contribution in [0.4, 0.5) is 0 Å². The van der Waals surface area contributed by atoms with E-state index in [4.69, 9.17) is 12.2 Å². The van der Waals surface area contributed by atoms with Crippen LogP contribution in [-0.4, -0.2) is 24.7 Å². The number of hydrogen-bond acceptors (Lipinski definition) is 4. The zero-order valence-corrected chi connectivity index (χ0v) is 9.87. The lowest BCUT2D eigenvalue weighted by Gasteiger charge is -2.04. The third kappa shape index (κ3) is 2.16. The minimum absolute atomic E-state index is 0.646. The highest BCUT2D eigenvalue weighted by Gasteiger charge is 2.08. The van der Waals surface area contributed by atoms with E-state index in [9.17, 15) is 0 Å². The van der Waals surface area contributed by atoms with Gasteiger partial charge < -0.3 is 4.57 Å². The molecule has 2 aromatic heterocycles. The standard InChI is InChI=1S/C10H13N5S/c1-2-3-4-15-9(13-14-10(15)16)8-5-11-7-12-6-8/h5-7H,2-4H2,1H3,(H,14,16). The molecule has 0 saturated carbocycles. The molecule has 84 valence electrons. The molecule has 2 aromatic rings. The lowest BCUT2D eigenvalue weighted by atomic mass is 10.3. The summed E-state index contributed by atoms with van der Waals surface area (Å²) < 4.78 is 2.63. The van der Waals surface area contributed by atoms with E-state index in [-0.39, 0.29) is 0 Å². The Kier molecular flexibility index (Phi) is 3.40.